The number of aromatic carboxylic acids is 1. The number of carbonyl (C=O) groups is 1. The Morgan fingerprint density at radius 2 is 1.94 bits per heavy atom. The maximum atomic E-state index is 10.9. The minimum absolute atomic E-state index is 0.157. The first kappa shape index (κ1) is 10.3. The first-order valence-electron chi connectivity index (χ1n) is 4.90. The average Bonchev–Trinajstić information content (AvgIpc) is 2.73. The van der Waals surface area contributed by atoms with Crippen molar-refractivity contribution in [3.8, 4) is 0 Å². The number of para-hydroxylation sites is 1. The molecule has 0 saturated heterocycles. The van der Waals surface area contributed by atoms with Crippen LogP contribution in [0.3, 0.4) is 0 Å². The molecule has 0 spiro atoms. The van der Waals surface area contributed by atoms with Gasteiger partial charge in [0, 0.05) is 18.9 Å². The first-order chi connectivity index (χ1) is 7.68. The monoisotopic (exact) mass is 216 g/mol. The summed E-state index contributed by atoms with van der Waals surface area (Å²) in [6.45, 7) is 0.583. The largest absolute Gasteiger partial charge is 0.478 e. The van der Waals surface area contributed by atoms with Gasteiger partial charge in [-0.2, -0.15) is 0 Å². The Bertz CT molecular complexity index is 504. The molecule has 0 atom stereocenters. The molecule has 1 aromatic heterocycles. The van der Waals surface area contributed by atoms with Gasteiger partial charge in [0.15, 0.2) is 0 Å². The van der Waals surface area contributed by atoms with Crippen LogP contribution in [0.15, 0.2) is 42.7 Å². The lowest BCUT2D eigenvalue weighted by Crippen LogP contribution is -2.07. The molecule has 4 heteroatoms. The van der Waals surface area contributed by atoms with Gasteiger partial charge in [-0.05, 0) is 23.8 Å². The molecule has 0 aliphatic carbocycles. The lowest BCUT2D eigenvalue weighted by molar-refractivity contribution is 0.0698. The van der Waals surface area contributed by atoms with E-state index < -0.39 is 5.97 Å². The summed E-state index contributed by atoms with van der Waals surface area (Å²) in [6.07, 6.45) is 3.82. The van der Waals surface area contributed by atoms with Gasteiger partial charge in [-0.25, -0.2) is 4.79 Å². The van der Waals surface area contributed by atoms with Crippen LogP contribution in [0.4, 0.5) is 5.69 Å². The van der Waals surface area contributed by atoms with Gasteiger partial charge in [0.05, 0.1) is 11.3 Å². The third-order valence-electron chi connectivity index (χ3n) is 2.45. The van der Waals surface area contributed by atoms with Crippen molar-refractivity contribution in [2.75, 3.05) is 5.73 Å². The Labute approximate surface area is 92.9 Å². The first-order valence-corrected chi connectivity index (χ1v) is 4.90. The van der Waals surface area contributed by atoms with Crippen molar-refractivity contribution in [3.05, 3.63) is 53.9 Å². The van der Waals surface area contributed by atoms with Gasteiger partial charge < -0.3 is 15.4 Å². The number of carboxylic acid groups (broad SMARTS) is 1. The third-order valence-corrected chi connectivity index (χ3v) is 2.45. The summed E-state index contributed by atoms with van der Waals surface area (Å²) in [7, 11) is 0. The van der Waals surface area contributed by atoms with Gasteiger partial charge in [-0.3, -0.25) is 0 Å². The Morgan fingerprint density at radius 1 is 1.25 bits per heavy atom. The summed E-state index contributed by atoms with van der Waals surface area (Å²) in [5, 5.41) is 8.93. The van der Waals surface area contributed by atoms with Crippen molar-refractivity contribution in [1.29, 1.82) is 0 Å². The average molecular weight is 216 g/mol. The molecule has 4 nitrogen and oxygen atoms in total. The van der Waals surface area contributed by atoms with Gasteiger partial charge >= 0.3 is 5.97 Å². The lowest BCUT2D eigenvalue weighted by Gasteiger charge is -2.09. The van der Waals surface area contributed by atoms with Crippen molar-refractivity contribution < 1.29 is 9.90 Å². The summed E-state index contributed by atoms with van der Waals surface area (Å²) in [5.41, 5.74) is 7.12. The predicted octanol–water partition coefficient (Wildman–Crippen LogP) is 1.82. The number of nitrogens with zero attached hydrogens (tertiary/aromatic N) is 1. The van der Waals surface area contributed by atoms with E-state index in [4.69, 9.17) is 10.8 Å². The normalized spacial score (nSPS) is 10.2. The number of aromatic nitrogens is 1. The summed E-state index contributed by atoms with van der Waals surface area (Å²) in [5.74, 6) is -0.994. The zero-order valence-electron chi connectivity index (χ0n) is 8.63. The van der Waals surface area contributed by atoms with Gasteiger partial charge in [-0.1, -0.05) is 12.1 Å². The van der Waals surface area contributed by atoms with E-state index in [-0.39, 0.29) is 5.56 Å². The number of rotatable bonds is 3. The van der Waals surface area contributed by atoms with Crippen LogP contribution in [0.2, 0.25) is 0 Å². The molecule has 1 aromatic carbocycles. The molecular weight excluding hydrogens is 204 g/mol. The number of hydrogen-bond donors (Lipinski definition) is 2. The molecule has 0 amide bonds. The fourth-order valence-electron chi connectivity index (χ4n) is 1.61. The van der Waals surface area contributed by atoms with Crippen molar-refractivity contribution in [2.24, 2.45) is 0 Å². The second-order valence-corrected chi connectivity index (χ2v) is 3.54. The molecule has 0 saturated carbocycles. The van der Waals surface area contributed by atoms with Crippen LogP contribution in [0.25, 0.3) is 0 Å². The second-order valence-electron chi connectivity index (χ2n) is 3.54. The second kappa shape index (κ2) is 4.10. The van der Waals surface area contributed by atoms with E-state index in [9.17, 15) is 4.79 Å². The number of nitrogens with two attached hydrogens (primary N) is 1. The van der Waals surface area contributed by atoms with E-state index in [0.717, 1.165) is 5.56 Å². The number of benzene rings is 1. The Morgan fingerprint density at radius 3 is 2.56 bits per heavy atom. The minimum Gasteiger partial charge on any atom is -0.478 e. The van der Waals surface area contributed by atoms with Crippen molar-refractivity contribution in [2.45, 2.75) is 6.54 Å². The Hall–Kier alpha value is -2.23. The molecule has 0 unspecified atom stereocenters. The maximum absolute atomic E-state index is 10.9. The van der Waals surface area contributed by atoms with Crippen molar-refractivity contribution in [1.82, 2.24) is 4.57 Å². The minimum atomic E-state index is -0.994. The molecular formula is C12H12N2O2. The third kappa shape index (κ3) is 1.91. The summed E-state index contributed by atoms with van der Waals surface area (Å²) >= 11 is 0. The smallest absolute Gasteiger partial charge is 0.337 e. The van der Waals surface area contributed by atoms with Crippen LogP contribution in [0, 0.1) is 0 Å². The van der Waals surface area contributed by atoms with Crippen LogP contribution in [-0.4, -0.2) is 15.6 Å². The highest BCUT2D eigenvalue weighted by Gasteiger charge is 2.10. The van der Waals surface area contributed by atoms with Crippen LogP contribution in [-0.2, 0) is 6.54 Å². The number of carboxylic acids is 1. The molecule has 3 N–H and O–H groups in total. The summed E-state index contributed by atoms with van der Waals surface area (Å²) < 4.78 is 1.94. The highest BCUT2D eigenvalue weighted by molar-refractivity contribution is 5.94. The molecule has 1 heterocycles. The molecule has 2 rings (SSSR count). The fourth-order valence-corrected chi connectivity index (χ4v) is 1.61. The quantitative estimate of drug-likeness (QED) is 0.769. The van der Waals surface area contributed by atoms with Gasteiger partial charge in [0.25, 0.3) is 0 Å². The van der Waals surface area contributed by atoms with E-state index in [0.29, 0.717) is 12.2 Å². The number of nitrogen functional groups attached to an aromatic ring is 1. The van der Waals surface area contributed by atoms with E-state index in [1.807, 2.05) is 35.2 Å². The maximum Gasteiger partial charge on any atom is 0.337 e. The van der Waals surface area contributed by atoms with E-state index in [1.165, 1.54) is 6.07 Å². The molecule has 0 fully saturated rings. The topological polar surface area (TPSA) is 68.2 Å². The SMILES string of the molecule is Nc1c(Cn2cccc2)cccc1C(=O)O. The van der Waals surface area contributed by atoms with Gasteiger partial charge in [0.1, 0.15) is 0 Å². The zero-order valence-corrected chi connectivity index (χ0v) is 8.63. The fraction of sp³-hybridized carbons (Fsp3) is 0.0833. The van der Waals surface area contributed by atoms with Crippen LogP contribution >= 0.6 is 0 Å². The van der Waals surface area contributed by atoms with Gasteiger partial charge in [0.2, 0.25) is 0 Å². The number of anilines is 1. The number of hydrogen-bond acceptors (Lipinski definition) is 2. The molecule has 82 valence electrons. The highest BCUT2D eigenvalue weighted by atomic mass is 16.4. The van der Waals surface area contributed by atoms with Gasteiger partial charge in [-0.15, -0.1) is 0 Å². The van der Waals surface area contributed by atoms with E-state index in [2.05, 4.69) is 0 Å². The molecule has 2 aromatic rings. The summed E-state index contributed by atoms with van der Waals surface area (Å²) in [4.78, 5) is 10.9. The van der Waals surface area contributed by atoms with E-state index >= 15 is 0 Å². The molecule has 0 aliphatic rings. The van der Waals surface area contributed by atoms with Crippen molar-refractivity contribution >= 4 is 11.7 Å². The highest BCUT2D eigenvalue weighted by Crippen LogP contribution is 2.18. The van der Waals surface area contributed by atoms with Crippen LogP contribution in [0.1, 0.15) is 15.9 Å². The molecule has 0 aliphatic heterocycles. The standard InChI is InChI=1S/C12H12N2O2/c13-11-9(8-14-6-1-2-7-14)4-3-5-10(11)12(15)16/h1-7H,8,13H2,(H,15,16). The van der Waals surface area contributed by atoms with Crippen LogP contribution in [0.5, 0.6) is 0 Å². The van der Waals surface area contributed by atoms with Crippen molar-refractivity contribution in [3.63, 3.8) is 0 Å². The molecule has 0 radical (unpaired) electrons. The Kier molecular flexibility index (Phi) is 2.64. The lowest BCUT2D eigenvalue weighted by atomic mass is 10.1. The van der Waals surface area contributed by atoms with E-state index in [1.54, 1.807) is 6.07 Å². The zero-order chi connectivity index (χ0) is 11.5. The predicted molar refractivity (Wildman–Crippen MR) is 61.3 cm³/mol. The molecule has 0 bridgehead atoms. The van der Waals surface area contributed by atoms with Crippen LogP contribution < -0.4 is 5.73 Å². The Balaban J connectivity index is 2.35. The summed E-state index contributed by atoms with van der Waals surface area (Å²) in [6, 6.07) is 8.88. The molecule has 16 heavy (non-hydrogen) atoms.